The van der Waals surface area contributed by atoms with Crippen molar-refractivity contribution >= 4 is 47.2 Å². The Labute approximate surface area is 154 Å². The van der Waals surface area contributed by atoms with Crippen LogP contribution in [0.5, 0.6) is 0 Å². The van der Waals surface area contributed by atoms with Crippen LogP contribution in [0.4, 0.5) is 0 Å². The number of amides is 1. The van der Waals surface area contributed by atoms with Crippen LogP contribution < -0.4 is 10.6 Å². The molecule has 0 aliphatic heterocycles. The standard InChI is InChI=1S/C15H26N4OS.HI/c1-5-12-7-8-13(21-12)11-18-15(16-6-2)17-10-9-14(20)19(3)4;/h7-8H,5-6,9-11H2,1-4H3,(H2,16,17,18);1H. The van der Waals surface area contributed by atoms with Crippen molar-refractivity contribution in [1.29, 1.82) is 0 Å². The third kappa shape index (κ3) is 7.98. The van der Waals surface area contributed by atoms with E-state index < -0.39 is 0 Å². The van der Waals surface area contributed by atoms with E-state index in [0.29, 0.717) is 19.5 Å². The quantitative estimate of drug-likeness (QED) is 0.391. The van der Waals surface area contributed by atoms with E-state index >= 15 is 0 Å². The molecule has 0 saturated carbocycles. The van der Waals surface area contributed by atoms with Crippen LogP contribution in [0.25, 0.3) is 0 Å². The van der Waals surface area contributed by atoms with Crippen molar-refractivity contribution in [1.82, 2.24) is 15.5 Å². The van der Waals surface area contributed by atoms with Crippen molar-refractivity contribution in [3.8, 4) is 0 Å². The highest BCUT2D eigenvalue weighted by Gasteiger charge is 2.04. The molecule has 0 spiro atoms. The Morgan fingerprint density at radius 3 is 2.45 bits per heavy atom. The second kappa shape index (κ2) is 11.7. The van der Waals surface area contributed by atoms with E-state index in [-0.39, 0.29) is 29.9 Å². The van der Waals surface area contributed by atoms with Gasteiger partial charge in [-0.05, 0) is 25.5 Å². The fourth-order valence-electron chi connectivity index (χ4n) is 1.71. The smallest absolute Gasteiger partial charge is 0.223 e. The molecule has 5 nitrogen and oxygen atoms in total. The number of aliphatic imine (C=N–C) groups is 1. The van der Waals surface area contributed by atoms with E-state index in [9.17, 15) is 4.79 Å². The molecule has 0 atom stereocenters. The predicted octanol–water partition coefficient (Wildman–Crippen LogP) is 2.46. The van der Waals surface area contributed by atoms with Crippen molar-refractivity contribution in [3.63, 3.8) is 0 Å². The van der Waals surface area contributed by atoms with Crippen LogP contribution in [0, 0.1) is 0 Å². The Balaban J connectivity index is 0.00000441. The van der Waals surface area contributed by atoms with Crippen molar-refractivity contribution in [3.05, 3.63) is 21.9 Å². The lowest BCUT2D eigenvalue weighted by molar-refractivity contribution is -0.128. The van der Waals surface area contributed by atoms with Gasteiger partial charge in [0.1, 0.15) is 0 Å². The first-order valence-electron chi connectivity index (χ1n) is 7.36. The van der Waals surface area contributed by atoms with Crippen molar-refractivity contribution < 1.29 is 4.79 Å². The second-order valence-electron chi connectivity index (χ2n) is 4.88. The molecule has 1 aromatic heterocycles. The average molecular weight is 438 g/mol. The molecule has 0 bridgehead atoms. The van der Waals surface area contributed by atoms with Crippen LogP contribution in [0.1, 0.15) is 30.0 Å². The Hall–Kier alpha value is -0.830. The Morgan fingerprint density at radius 2 is 1.91 bits per heavy atom. The maximum absolute atomic E-state index is 11.5. The number of carbonyl (C=O) groups is 1. The normalized spacial score (nSPS) is 10.8. The van der Waals surface area contributed by atoms with Crippen LogP contribution in [0.15, 0.2) is 17.1 Å². The number of aryl methyl sites for hydroxylation is 1. The minimum Gasteiger partial charge on any atom is -0.357 e. The highest BCUT2D eigenvalue weighted by atomic mass is 127. The van der Waals surface area contributed by atoms with E-state index in [0.717, 1.165) is 18.9 Å². The molecule has 126 valence electrons. The number of carbonyl (C=O) groups excluding carboxylic acids is 1. The summed E-state index contributed by atoms with van der Waals surface area (Å²) >= 11 is 1.80. The summed E-state index contributed by atoms with van der Waals surface area (Å²) in [5.74, 6) is 0.875. The van der Waals surface area contributed by atoms with Crippen LogP contribution in [0.2, 0.25) is 0 Å². The van der Waals surface area contributed by atoms with Gasteiger partial charge in [0, 0.05) is 43.4 Å². The number of thiophene rings is 1. The maximum atomic E-state index is 11.5. The van der Waals surface area contributed by atoms with Gasteiger partial charge in [-0.25, -0.2) is 4.99 Å². The summed E-state index contributed by atoms with van der Waals surface area (Å²) < 4.78 is 0. The number of halogens is 1. The van der Waals surface area contributed by atoms with E-state index in [2.05, 4.69) is 34.7 Å². The first-order valence-corrected chi connectivity index (χ1v) is 8.18. The van der Waals surface area contributed by atoms with Crippen molar-refractivity contribution in [2.24, 2.45) is 4.99 Å². The number of hydrogen-bond donors (Lipinski definition) is 2. The fraction of sp³-hybridized carbons (Fsp3) is 0.600. The Bertz CT molecular complexity index is 474. The molecule has 7 heteroatoms. The van der Waals surface area contributed by atoms with Gasteiger partial charge in [-0.3, -0.25) is 4.79 Å². The minimum absolute atomic E-state index is 0. The summed E-state index contributed by atoms with van der Waals surface area (Å²) in [7, 11) is 3.54. The number of nitrogens with one attached hydrogen (secondary N) is 2. The molecule has 0 aromatic carbocycles. The van der Waals surface area contributed by atoms with Gasteiger partial charge in [-0.2, -0.15) is 0 Å². The summed E-state index contributed by atoms with van der Waals surface area (Å²) in [6.07, 6.45) is 1.54. The summed E-state index contributed by atoms with van der Waals surface area (Å²) in [5, 5.41) is 6.39. The first kappa shape index (κ1) is 21.2. The van der Waals surface area contributed by atoms with E-state index in [4.69, 9.17) is 0 Å². The van der Waals surface area contributed by atoms with Gasteiger partial charge in [0.2, 0.25) is 5.91 Å². The summed E-state index contributed by atoms with van der Waals surface area (Å²) in [6.45, 7) is 6.25. The van der Waals surface area contributed by atoms with E-state index in [1.807, 2.05) is 6.92 Å². The monoisotopic (exact) mass is 438 g/mol. The average Bonchev–Trinajstić information content (AvgIpc) is 2.92. The lowest BCUT2D eigenvalue weighted by Gasteiger charge is -2.13. The molecule has 0 unspecified atom stereocenters. The van der Waals surface area contributed by atoms with Gasteiger partial charge in [0.25, 0.3) is 0 Å². The van der Waals surface area contributed by atoms with E-state index in [1.54, 1.807) is 30.3 Å². The lowest BCUT2D eigenvalue weighted by Crippen LogP contribution is -2.39. The highest BCUT2D eigenvalue weighted by molar-refractivity contribution is 14.0. The minimum atomic E-state index is 0. The van der Waals surface area contributed by atoms with Gasteiger partial charge in [-0.1, -0.05) is 6.92 Å². The van der Waals surface area contributed by atoms with Gasteiger partial charge in [0.05, 0.1) is 6.54 Å². The van der Waals surface area contributed by atoms with Crippen LogP contribution in [0.3, 0.4) is 0 Å². The van der Waals surface area contributed by atoms with Crippen molar-refractivity contribution in [2.75, 3.05) is 27.2 Å². The number of nitrogens with zero attached hydrogens (tertiary/aromatic N) is 2. The Kier molecular flexibility index (Phi) is 11.3. The topological polar surface area (TPSA) is 56.7 Å². The molecule has 1 heterocycles. The van der Waals surface area contributed by atoms with Gasteiger partial charge in [-0.15, -0.1) is 35.3 Å². The molecule has 0 aliphatic rings. The summed E-state index contributed by atoms with van der Waals surface area (Å²) in [6, 6.07) is 4.29. The van der Waals surface area contributed by atoms with E-state index in [1.165, 1.54) is 9.75 Å². The zero-order valence-electron chi connectivity index (χ0n) is 13.8. The van der Waals surface area contributed by atoms with Crippen LogP contribution in [-0.4, -0.2) is 44.0 Å². The van der Waals surface area contributed by atoms with Crippen LogP contribution in [-0.2, 0) is 17.8 Å². The fourth-order valence-corrected chi connectivity index (χ4v) is 2.59. The van der Waals surface area contributed by atoms with Crippen LogP contribution >= 0.6 is 35.3 Å². The molecule has 0 aliphatic carbocycles. The highest BCUT2D eigenvalue weighted by Crippen LogP contribution is 2.17. The molecular weight excluding hydrogens is 411 g/mol. The molecule has 0 radical (unpaired) electrons. The second-order valence-corrected chi connectivity index (χ2v) is 6.13. The predicted molar refractivity (Wildman–Crippen MR) is 105 cm³/mol. The first-order chi connectivity index (χ1) is 10.1. The number of rotatable bonds is 7. The summed E-state index contributed by atoms with van der Waals surface area (Å²) in [4.78, 5) is 20.3. The maximum Gasteiger partial charge on any atom is 0.223 e. The molecule has 1 amide bonds. The molecule has 1 rings (SSSR count). The number of guanidine groups is 1. The van der Waals surface area contributed by atoms with Crippen molar-refractivity contribution in [2.45, 2.75) is 33.2 Å². The zero-order chi connectivity index (χ0) is 15.7. The lowest BCUT2D eigenvalue weighted by atomic mass is 10.3. The summed E-state index contributed by atoms with van der Waals surface area (Å²) in [5.41, 5.74) is 0. The largest absolute Gasteiger partial charge is 0.357 e. The van der Waals surface area contributed by atoms with Gasteiger partial charge in [0.15, 0.2) is 5.96 Å². The molecular formula is C15H27IN4OS. The molecule has 1 aromatic rings. The molecule has 2 N–H and O–H groups in total. The molecule has 0 fully saturated rings. The number of hydrogen-bond acceptors (Lipinski definition) is 3. The Morgan fingerprint density at radius 1 is 1.23 bits per heavy atom. The SMILES string of the molecule is CCNC(=NCc1ccc(CC)s1)NCCC(=O)N(C)C.I. The molecule has 0 saturated heterocycles. The third-order valence-corrected chi connectivity index (χ3v) is 4.15. The third-order valence-electron chi connectivity index (χ3n) is 2.93. The molecule has 22 heavy (non-hydrogen) atoms. The zero-order valence-corrected chi connectivity index (χ0v) is 17.0. The van der Waals surface area contributed by atoms with Gasteiger partial charge >= 0.3 is 0 Å². The van der Waals surface area contributed by atoms with Gasteiger partial charge < -0.3 is 15.5 Å².